The number of nitrogens with zero attached hydrogens (tertiary/aromatic N) is 2. The van der Waals surface area contributed by atoms with Crippen molar-refractivity contribution in [3.05, 3.63) is 100 Å². The van der Waals surface area contributed by atoms with Gasteiger partial charge in [-0.15, -0.1) is 0 Å². The van der Waals surface area contributed by atoms with E-state index in [1.807, 2.05) is 57.2 Å². The summed E-state index contributed by atoms with van der Waals surface area (Å²) in [5, 5.41) is -0.252. The number of hydrogen-bond donors (Lipinski definition) is 1. The van der Waals surface area contributed by atoms with Gasteiger partial charge in [-0.25, -0.2) is 14.7 Å². The monoisotopic (exact) mass is 531 g/mol. The number of aromatic nitrogens is 2. The van der Waals surface area contributed by atoms with Crippen LogP contribution in [-0.2, 0) is 21.4 Å². The van der Waals surface area contributed by atoms with Crippen LogP contribution in [0.3, 0.4) is 0 Å². The van der Waals surface area contributed by atoms with Crippen molar-refractivity contribution >= 4 is 15.9 Å². The van der Waals surface area contributed by atoms with Gasteiger partial charge in [0, 0.05) is 18.4 Å². The Morgan fingerprint density at radius 2 is 1.61 bits per heavy atom. The molecule has 0 unspecified atom stereocenters. The van der Waals surface area contributed by atoms with Gasteiger partial charge in [0.1, 0.15) is 11.3 Å². The first kappa shape index (κ1) is 27.0. The van der Waals surface area contributed by atoms with Crippen molar-refractivity contribution in [3.8, 4) is 22.9 Å². The molecule has 0 fully saturated rings. The predicted octanol–water partition coefficient (Wildman–Crippen LogP) is 5.43. The van der Waals surface area contributed by atoms with Crippen molar-refractivity contribution in [1.29, 1.82) is 0 Å². The summed E-state index contributed by atoms with van der Waals surface area (Å²) in [6, 6.07) is 19.3. The molecule has 38 heavy (non-hydrogen) atoms. The molecule has 0 radical (unpaired) electrons. The minimum Gasteiger partial charge on any atom is -0.438 e. The molecule has 1 amide bonds. The quantitative estimate of drug-likeness (QED) is 0.323. The highest BCUT2D eigenvalue weighted by Crippen LogP contribution is 2.33. The molecule has 0 saturated heterocycles. The first-order valence-corrected chi connectivity index (χ1v) is 13.4. The van der Waals surface area contributed by atoms with Gasteiger partial charge in [-0.2, -0.15) is 8.42 Å². The Morgan fingerprint density at radius 1 is 0.895 bits per heavy atom. The number of amides is 1. The van der Waals surface area contributed by atoms with E-state index in [0.717, 1.165) is 27.8 Å². The van der Waals surface area contributed by atoms with Gasteiger partial charge in [0.25, 0.3) is 15.9 Å². The van der Waals surface area contributed by atoms with Crippen LogP contribution in [0.15, 0.2) is 71.8 Å². The molecule has 4 rings (SSSR count). The van der Waals surface area contributed by atoms with Gasteiger partial charge in [-0.05, 0) is 74.7 Å². The zero-order valence-corrected chi connectivity index (χ0v) is 22.7. The lowest BCUT2D eigenvalue weighted by atomic mass is 10.1. The Balaban J connectivity index is 1.78. The molecule has 2 heterocycles. The van der Waals surface area contributed by atoms with Gasteiger partial charge in [-0.1, -0.05) is 42.0 Å². The summed E-state index contributed by atoms with van der Waals surface area (Å²) in [6.07, 6.45) is 0. The average Bonchev–Trinajstić information content (AvgIpc) is 2.86. The highest BCUT2D eigenvalue weighted by molar-refractivity contribution is 7.90. The minimum atomic E-state index is -4.22. The molecular formula is C29H29N3O5S. The molecule has 1 N–H and O–H groups in total. The maximum Gasteiger partial charge on any atom is 0.281 e. The Kier molecular flexibility index (Phi) is 7.89. The van der Waals surface area contributed by atoms with E-state index < -0.39 is 15.9 Å². The molecular weight excluding hydrogens is 502 g/mol. The molecule has 0 spiro atoms. The summed E-state index contributed by atoms with van der Waals surface area (Å²) in [7, 11) is -2.60. The Labute approximate surface area is 222 Å². The van der Waals surface area contributed by atoms with Crippen LogP contribution in [0.1, 0.15) is 38.3 Å². The van der Waals surface area contributed by atoms with E-state index in [9.17, 15) is 13.2 Å². The molecule has 0 aliphatic heterocycles. The summed E-state index contributed by atoms with van der Waals surface area (Å²) in [5.41, 5.74) is 5.58. The highest BCUT2D eigenvalue weighted by Gasteiger charge is 2.24. The molecule has 0 aliphatic carbocycles. The predicted molar refractivity (Wildman–Crippen MR) is 145 cm³/mol. The molecule has 0 atom stereocenters. The van der Waals surface area contributed by atoms with E-state index in [1.165, 1.54) is 12.1 Å². The average molecular weight is 532 g/mol. The van der Waals surface area contributed by atoms with Crippen LogP contribution in [0.25, 0.3) is 11.3 Å². The van der Waals surface area contributed by atoms with Crippen molar-refractivity contribution < 1.29 is 22.7 Å². The van der Waals surface area contributed by atoms with Gasteiger partial charge in [0.2, 0.25) is 5.88 Å². The lowest BCUT2D eigenvalue weighted by Crippen LogP contribution is -2.31. The van der Waals surface area contributed by atoms with Crippen molar-refractivity contribution in [2.24, 2.45) is 0 Å². The molecule has 8 nitrogen and oxygen atoms in total. The van der Waals surface area contributed by atoms with Gasteiger partial charge in [-0.3, -0.25) is 4.79 Å². The number of carbonyl (C=O) groups is 1. The summed E-state index contributed by atoms with van der Waals surface area (Å²) in [6.45, 7) is 7.90. The van der Waals surface area contributed by atoms with E-state index in [2.05, 4.69) is 14.7 Å². The summed E-state index contributed by atoms with van der Waals surface area (Å²) in [4.78, 5) is 22.0. The summed E-state index contributed by atoms with van der Waals surface area (Å²) >= 11 is 0. The van der Waals surface area contributed by atoms with E-state index in [4.69, 9.17) is 9.47 Å². The van der Waals surface area contributed by atoms with Crippen LogP contribution in [0, 0.1) is 27.7 Å². The topological polar surface area (TPSA) is 107 Å². The normalized spacial score (nSPS) is 11.3. The highest BCUT2D eigenvalue weighted by atomic mass is 32.2. The third-order valence-corrected chi connectivity index (χ3v) is 7.04. The second-order valence-electron chi connectivity index (χ2n) is 9.06. The number of aryl methyl sites for hydroxylation is 4. The van der Waals surface area contributed by atoms with Gasteiger partial charge < -0.3 is 9.47 Å². The maximum atomic E-state index is 13.3. The number of sulfonamides is 1. The molecule has 0 bridgehead atoms. The van der Waals surface area contributed by atoms with E-state index in [0.29, 0.717) is 23.7 Å². The van der Waals surface area contributed by atoms with E-state index in [1.54, 1.807) is 32.2 Å². The van der Waals surface area contributed by atoms with Crippen LogP contribution < -0.4 is 9.46 Å². The van der Waals surface area contributed by atoms with E-state index >= 15 is 0 Å². The molecule has 9 heteroatoms. The third kappa shape index (κ3) is 6.07. The van der Waals surface area contributed by atoms with Crippen LogP contribution in [0.2, 0.25) is 0 Å². The number of pyridine rings is 2. The third-order valence-electron chi connectivity index (χ3n) is 5.81. The maximum absolute atomic E-state index is 13.3. The van der Waals surface area contributed by atoms with Gasteiger partial charge >= 0.3 is 0 Å². The second kappa shape index (κ2) is 11.1. The van der Waals surface area contributed by atoms with Gasteiger partial charge in [0.15, 0.2) is 5.03 Å². The zero-order chi connectivity index (χ0) is 27.4. The Hall–Kier alpha value is -4.08. The summed E-state index contributed by atoms with van der Waals surface area (Å²) < 4.78 is 39.4. The summed E-state index contributed by atoms with van der Waals surface area (Å²) in [5.74, 6) is -0.344. The lowest BCUT2D eigenvalue weighted by molar-refractivity contribution is 0.0978. The van der Waals surface area contributed by atoms with Crippen molar-refractivity contribution in [2.45, 2.75) is 39.3 Å². The molecule has 0 aliphatic rings. The van der Waals surface area contributed by atoms with Crippen molar-refractivity contribution in [3.63, 3.8) is 0 Å². The number of nitrogens with one attached hydrogen (secondary N) is 1. The number of rotatable bonds is 8. The van der Waals surface area contributed by atoms with Crippen molar-refractivity contribution in [2.75, 3.05) is 7.11 Å². The second-order valence-corrected chi connectivity index (χ2v) is 10.7. The number of benzene rings is 2. The van der Waals surface area contributed by atoms with Crippen LogP contribution >= 0.6 is 0 Å². The van der Waals surface area contributed by atoms with Gasteiger partial charge in [0.05, 0.1) is 12.3 Å². The van der Waals surface area contributed by atoms with Crippen LogP contribution in [-0.4, -0.2) is 31.4 Å². The SMILES string of the molecule is COCc1cccc(-c2ccc(C(=O)NS(=O)(=O)c3cccc(C)n3)c(Oc3c(C)cc(C)cc3C)n2)c1. The smallest absolute Gasteiger partial charge is 0.281 e. The number of hydrogen-bond acceptors (Lipinski definition) is 7. The fraction of sp³-hybridized carbons (Fsp3) is 0.207. The zero-order valence-electron chi connectivity index (χ0n) is 21.9. The fourth-order valence-electron chi connectivity index (χ4n) is 4.16. The lowest BCUT2D eigenvalue weighted by Gasteiger charge is -2.16. The molecule has 2 aromatic carbocycles. The molecule has 2 aromatic heterocycles. The first-order valence-electron chi connectivity index (χ1n) is 11.9. The molecule has 4 aromatic rings. The van der Waals surface area contributed by atoms with Crippen LogP contribution in [0.5, 0.6) is 11.6 Å². The van der Waals surface area contributed by atoms with Crippen molar-refractivity contribution in [1.82, 2.24) is 14.7 Å². The Bertz CT molecular complexity index is 1590. The number of ether oxygens (including phenoxy) is 2. The minimum absolute atomic E-state index is 0.0143. The van der Waals surface area contributed by atoms with E-state index in [-0.39, 0.29) is 16.5 Å². The fourth-order valence-corrected chi connectivity index (χ4v) is 5.14. The Morgan fingerprint density at radius 3 is 2.29 bits per heavy atom. The number of methoxy groups -OCH3 is 1. The largest absolute Gasteiger partial charge is 0.438 e. The first-order chi connectivity index (χ1) is 18.1. The van der Waals surface area contributed by atoms with Crippen LogP contribution in [0.4, 0.5) is 0 Å². The molecule has 196 valence electrons. The molecule has 0 saturated carbocycles. The number of carbonyl (C=O) groups excluding carboxylic acids is 1. The standard InChI is InChI=1S/C29H29N3O5S/c1-18-14-19(2)27(20(3)15-18)37-29-24(28(33)32-38(34,35)26-11-6-8-21(4)30-26)12-13-25(31-29)23-10-7-9-22(16-23)17-36-5/h6-16H,17H2,1-5H3,(H,32,33).